The lowest BCUT2D eigenvalue weighted by atomic mass is 10.3. The third-order valence-corrected chi connectivity index (χ3v) is 2.15. The highest BCUT2D eigenvalue weighted by atomic mass is 28.2. The molecule has 0 aliphatic rings. The minimum Gasteiger partial charge on any atom is -0.448 e. The average molecular weight is 189 g/mol. The molecule has 0 spiro atoms. The van der Waals surface area contributed by atoms with E-state index in [1.807, 2.05) is 13.8 Å². The molecule has 0 aromatic carbocycles. The van der Waals surface area contributed by atoms with Crippen LogP contribution in [0.2, 0.25) is 0 Å². The van der Waals surface area contributed by atoms with Gasteiger partial charge in [-0.2, -0.15) is 0 Å². The fraction of sp³-hybridized carbons (Fsp3) is 0.857. The van der Waals surface area contributed by atoms with E-state index in [-0.39, 0.29) is 15.7 Å². The van der Waals surface area contributed by atoms with E-state index in [1.54, 1.807) is 14.2 Å². The number of nitrogens with zero attached hydrogens (tertiary/aromatic N) is 1. The third kappa shape index (κ3) is 5.28. The fourth-order valence-electron chi connectivity index (χ4n) is 0.404. The Bertz CT molecular complexity index is 137. The first-order chi connectivity index (χ1) is 5.74. The number of oxime groups is 1. The second-order valence-corrected chi connectivity index (χ2v) is 3.08. The van der Waals surface area contributed by atoms with Crippen LogP contribution in [-0.2, 0) is 14.0 Å². The van der Waals surface area contributed by atoms with E-state index in [1.165, 1.54) is 0 Å². The summed E-state index contributed by atoms with van der Waals surface area (Å²) in [6.45, 7) is 3.94. The number of methoxy groups -OCH3 is 2. The van der Waals surface area contributed by atoms with Gasteiger partial charge in [0, 0.05) is 14.2 Å². The van der Waals surface area contributed by atoms with Crippen LogP contribution >= 0.6 is 0 Å². The molecule has 0 rings (SSSR count). The van der Waals surface area contributed by atoms with Gasteiger partial charge in [-0.1, -0.05) is 6.92 Å². The van der Waals surface area contributed by atoms with E-state index >= 15 is 0 Å². The van der Waals surface area contributed by atoms with Crippen molar-refractivity contribution in [1.82, 2.24) is 0 Å². The Balaban J connectivity index is 3.53. The molecular weight excluding hydrogens is 174 g/mol. The van der Waals surface area contributed by atoms with Crippen LogP contribution in [0.15, 0.2) is 5.16 Å². The van der Waals surface area contributed by atoms with Crippen molar-refractivity contribution in [2.24, 2.45) is 5.16 Å². The van der Waals surface area contributed by atoms with E-state index in [0.717, 1.165) is 12.1 Å². The first kappa shape index (κ1) is 11.6. The van der Waals surface area contributed by atoms with E-state index in [0.29, 0.717) is 0 Å². The van der Waals surface area contributed by atoms with Crippen molar-refractivity contribution in [3.63, 3.8) is 0 Å². The normalized spacial score (nSPS) is 12.2. The highest BCUT2D eigenvalue weighted by molar-refractivity contribution is 6.28. The van der Waals surface area contributed by atoms with Crippen LogP contribution in [-0.4, -0.2) is 35.6 Å². The quantitative estimate of drug-likeness (QED) is 0.271. The van der Waals surface area contributed by atoms with Gasteiger partial charge in [-0.05, 0) is 13.3 Å². The van der Waals surface area contributed by atoms with Gasteiger partial charge in [-0.25, -0.2) is 0 Å². The summed E-state index contributed by atoms with van der Waals surface area (Å²) in [5, 5.41) is 3.85. The highest BCUT2D eigenvalue weighted by Crippen LogP contribution is 1.91. The Morgan fingerprint density at radius 1 is 1.42 bits per heavy atom. The summed E-state index contributed by atoms with van der Waals surface area (Å²) in [5.41, 5.74) is 0.966. The van der Waals surface area contributed by atoms with Gasteiger partial charge in [0.25, 0.3) is 0 Å². The Labute approximate surface area is 75.8 Å². The highest BCUT2D eigenvalue weighted by Gasteiger charge is 2.09. The molecule has 70 valence electrons. The zero-order valence-corrected chi connectivity index (χ0v) is 8.96. The maximum absolute atomic E-state index is 5.00. The molecule has 12 heavy (non-hydrogen) atoms. The van der Waals surface area contributed by atoms with E-state index in [9.17, 15) is 0 Å². The lowest BCUT2D eigenvalue weighted by Gasteiger charge is -2.08. The van der Waals surface area contributed by atoms with Crippen molar-refractivity contribution >= 4 is 15.5 Å². The zero-order valence-electron chi connectivity index (χ0n) is 7.96. The average Bonchev–Trinajstić information content (AvgIpc) is 2.12. The molecular formula is C7H15NO3Si. The van der Waals surface area contributed by atoms with Crippen LogP contribution in [0.5, 0.6) is 0 Å². The van der Waals surface area contributed by atoms with Crippen LogP contribution < -0.4 is 0 Å². The number of hydrogen-bond donors (Lipinski definition) is 0. The van der Waals surface area contributed by atoms with Crippen molar-refractivity contribution in [3.8, 4) is 0 Å². The van der Waals surface area contributed by atoms with Crippen molar-refractivity contribution in [1.29, 1.82) is 0 Å². The van der Waals surface area contributed by atoms with Gasteiger partial charge in [0.1, 0.15) is 0 Å². The zero-order chi connectivity index (χ0) is 9.40. The molecule has 5 heteroatoms. The molecule has 0 fully saturated rings. The first-order valence-electron chi connectivity index (χ1n) is 3.75. The molecule has 0 heterocycles. The Morgan fingerprint density at radius 2 is 2.00 bits per heavy atom. The monoisotopic (exact) mass is 189 g/mol. The van der Waals surface area contributed by atoms with Gasteiger partial charge in [0.2, 0.25) is 0 Å². The Hall–Kier alpha value is -0.393. The molecule has 0 saturated carbocycles. The summed E-state index contributed by atoms with van der Waals surface area (Å²) in [6.07, 6.45) is 0.898. The number of hydrogen-bond acceptors (Lipinski definition) is 4. The first-order valence-corrected chi connectivity index (χ1v) is 4.73. The van der Waals surface area contributed by atoms with Crippen LogP contribution in [0.3, 0.4) is 0 Å². The van der Waals surface area contributed by atoms with E-state index in [2.05, 4.69) is 5.16 Å². The molecule has 0 aliphatic heterocycles. The summed E-state index contributed by atoms with van der Waals surface area (Å²) in [7, 11) is 3.23. The number of rotatable bonds is 6. The molecule has 4 nitrogen and oxygen atoms in total. The van der Waals surface area contributed by atoms with Crippen LogP contribution in [0.1, 0.15) is 20.3 Å². The summed E-state index contributed by atoms with van der Waals surface area (Å²) in [4.78, 5) is 0. The molecule has 0 atom stereocenters. The minimum atomic E-state index is -0.307. The Morgan fingerprint density at radius 3 is 2.42 bits per heavy atom. The fourth-order valence-corrected chi connectivity index (χ4v) is 0.891. The second-order valence-electron chi connectivity index (χ2n) is 2.19. The predicted molar refractivity (Wildman–Crippen MR) is 48.0 cm³/mol. The van der Waals surface area contributed by atoms with Gasteiger partial charge < -0.3 is 14.0 Å². The van der Waals surface area contributed by atoms with E-state index in [4.69, 9.17) is 14.0 Å². The predicted octanol–water partition coefficient (Wildman–Crippen LogP) is 0.984. The van der Waals surface area contributed by atoms with Gasteiger partial charge >= 0.3 is 9.76 Å². The topological polar surface area (TPSA) is 40.0 Å². The molecule has 0 amide bonds. The Kier molecular flexibility index (Phi) is 7.03. The SMILES string of the molecule is CC/C(C)=N\O[Si]C(OC)OC. The maximum atomic E-state index is 5.00. The van der Waals surface area contributed by atoms with Crippen LogP contribution in [0.4, 0.5) is 0 Å². The smallest absolute Gasteiger partial charge is 0.418 e. The van der Waals surface area contributed by atoms with Gasteiger partial charge in [-0.15, -0.1) is 5.16 Å². The molecule has 0 N–H and O–H groups in total. The largest absolute Gasteiger partial charge is 0.448 e. The summed E-state index contributed by atoms with van der Waals surface area (Å²) < 4.78 is 14.8. The molecule has 0 unspecified atom stereocenters. The van der Waals surface area contributed by atoms with Gasteiger partial charge in [-0.3, -0.25) is 0 Å². The standard InChI is InChI=1S/C7H15NO3Si/c1-5-6(2)8-11-12-7(9-3)10-4/h7H,5H2,1-4H3/b8-6-. The minimum absolute atomic E-state index is 0.0872. The lowest BCUT2D eigenvalue weighted by molar-refractivity contribution is -0.0526. The van der Waals surface area contributed by atoms with Crippen molar-refractivity contribution in [2.75, 3.05) is 14.2 Å². The second kappa shape index (κ2) is 7.27. The maximum Gasteiger partial charge on any atom is 0.418 e. The van der Waals surface area contributed by atoms with Crippen molar-refractivity contribution in [2.45, 2.75) is 26.2 Å². The molecule has 0 saturated heterocycles. The summed E-state index contributed by atoms with van der Waals surface area (Å²) in [6, 6.07) is 0. The molecule has 0 bridgehead atoms. The molecule has 0 aromatic rings. The van der Waals surface area contributed by atoms with Crippen molar-refractivity contribution in [3.05, 3.63) is 0 Å². The summed E-state index contributed by atoms with van der Waals surface area (Å²) in [5.74, 6) is -0.307. The number of ether oxygens (including phenoxy) is 2. The molecule has 0 aliphatic carbocycles. The third-order valence-electron chi connectivity index (χ3n) is 1.29. The molecule has 0 aromatic heterocycles. The lowest BCUT2D eigenvalue weighted by Crippen LogP contribution is -2.22. The molecule has 2 radical (unpaired) electrons. The van der Waals surface area contributed by atoms with Crippen LogP contribution in [0, 0.1) is 0 Å². The van der Waals surface area contributed by atoms with Crippen molar-refractivity contribution < 1.29 is 14.0 Å². The van der Waals surface area contributed by atoms with E-state index < -0.39 is 0 Å². The summed E-state index contributed by atoms with van der Waals surface area (Å²) >= 11 is 0. The van der Waals surface area contributed by atoms with Gasteiger partial charge in [0.15, 0.2) is 5.91 Å². The van der Waals surface area contributed by atoms with Gasteiger partial charge in [0.05, 0.1) is 5.71 Å². The van der Waals surface area contributed by atoms with Crippen LogP contribution in [0.25, 0.3) is 0 Å².